The van der Waals surface area contributed by atoms with E-state index in [1.165, 1.54) is 18.8 Å². The van der Waals surface area contributed by atoms with Crippen molar-refractivity contribution in [3.63, 3.8) is 0 Å². The third kappa shape index (κ3) is 10.5. The first-order valence-electron chi connectivity index (χ1n) is 10.8. The van der Waals surface area contributed by atoms with E-state index in [4.69, 9.17) is 23.2 Å². The van der Waals surface area contributed by atoms with E-state index in [9.17, 15) is 0 Å². The van der Waals surface area contributed by atoms with E-state index in [2.05, 4.69) is 68.2 Å². The van der Waals surface area contributed by atoms with Crippen LogP contribution in [0.1, 0.15) is 11.1 Å². The molecule has 0 atom stereocenters. The summed E-state index contributed by atoms with van der Waals surface area (Å²) in [5.41, 5.74) is 3.51. The Labute approximate surface area is 214 Å². The molecule has 2 aromatic rings. The van der Waals surface area contributed by atoms with Crippen molar-refractivity contribution in [2.45, 2.75) is 13.8 Å². The zero-order valence-electron chi connectivity index (χ0n) is 19.7. The van der Waals surface area contributed by atoms with Gasteiger partial charge in [-0.05, 0) is 63.3 Å². The Hall–Kier alpha value is -0.755. The standard InChI is InChI=1S/C12H17ClN2.C7H6BrCl.C5H12N2.B/c1-10-3-4-11(9-12(10)13)15-7-5-14(2)6-8-15;1-5-2-3-6(8)4-7(5)9;1-7-4-2-6-3-5-7;/h3-4,9H,5-8H2,1-2H3;2-4H,1H3;6H,2-5H2,1H3;. The topological polar surface area (TPSA) is 21.8 Å². The number of piperazine rings is 2. The summed E-state index contributed by atoms with van der Waals surface area (Å²) in [4.78, 5) is 7.08. The van der Waals surface area contributed by atoms with Crippen molar-refractivity contribution in [1.29, 1.82) is 0 Å². The molecule has 1 N–H and O–H groups in total. The number of anilines is 1. The molecule has 2 aliphatic heterocycles. The number of nitrogens with zero attached hydrogens (tertiary/aromatic N) is 3. The molecule has 0 spiro atoms. The third-order valence-corrected chi connectivity index (χ3v) is 6.81. The van der Waals surface area contributed by atoms with Crippen LogP contribution in [0.15, 0.2) is 40.9 Å². The largest absolute Gasteiger partial charge is 0.369 e. The van der Waals surface area contributed by atoms with Crippen molar-refractivity contribution in [2.24, 2.45) is 0 Å². The second-order valence-electron chi connectivity index (χ2n) is 8.17. The molecule has 0 aromatic heterocycles. The fourth-order valence-corrected chi connectivity index (χ4v) is 4.04. The van der Waals surface area contributed by atoms with Gasteiger partial charge in [-0.1, -0.05) is 51.3 Å². The summed E-state index contributed by atoms with van der Waals surface area (Å²) in [5.74, 6) is 0. The van der Waals surface area contributed by atoms with Crippen molar-refractivity contribution in [2.75, 3.05) is 71.4 Å². The Bertz CT molecular complexity index is 811. The fraction of sp³-hybridized carbons (Fsp3) is 0.500. The maximum Gasteiger partial charge on any atom is 0.0455 e. The zero-order chi connectivity index (χ0) is 22.8. The second-order valence-corrected chi connectivity index (χ2v) is 9.90. The Morgan fingerprint density at radius 1 is 0.750 bits per heavy atom. The van der Waals surface area contributed by atoms with Gasteiger partial charge in [-0.15, -0.1) is 0 Å². The lowest BCUT2D eigenvalue weighted by atomic mass is 10.2. The molecule has 2 saturated heterocycles. The Kier molecular flexibility index (Phi) is 13.9. The van der Waals surface area contributed by atoms with E-state index in [-0.39, 0.29) is 8.41 Å². The van der Waals surface area contributed by atoms with Crippen LogP contribution in [0, 0.1) is 13.8 Å². The molecule has 32 heavy (non-hydrogen) atoms. The Morgan fingerprint density at radius 3 is 1.69 bits per heavy atom. The van der Waals surface area contributed by atoms with Gasteiger partial charge in [0.1, 0.15) is 0 Å². The van der Waals surface area contributed by atoms with E-state index in [1.807, 2.05) is 32.0 Å². The highest BCUT2D eigenvalue weighted by Crippen LogP contribution is 2.23. The number of nitrogens with one attached hydrogen (secondary N) is 1. The van der Waals surface area contributed by atoms with Crippen LogP contribution in [-0.2, 0) is 0 Å². The average Bonchev–Trinajstić information content (AvgIpc) is 2.75. The van der Waals surface area contributed by atoms with Gasteiger partial charge in [-0.2, -0.15) is 0 Å². The highest BCUT2D eigenvalue weighted by Gasteiger charge is 2.14. The van der Waals surface area contributed by atoms with Gasteiger partial charge in [-0.25, -0.2) is 0 Å². The molecular formula is C24H35BBrCl2N4. The predicted molar refractivity (Wildman–Crippen MR) is 146 cm³/mol. The quantitative estimate of drug-likeness (QED) is 0.516. The van der Waals surface area contributed by atoms with Crippen LogP contribution in [-0.4, -0.2) is 84.7 Å². The first-order valence-corrected chi connectivity index (χ1v) is 12.3. The lowest BCUT2D eigenvalue weighted by molar-refractivity contribution is 0.291. The first-order chi connectivity index (χ1) is 14.8. The summed E-state index contributed by atoms with van der Waals surface area (Å²) in [6, 6.07) is 12.2. The summed E-state index contributed by atoms with van der Waals surface area (Å²) in [5, 5.41) is 4.95. The van der Waals surface area contributed by atoms with Crippen LogP contribution in [0.25, 0.3) is 0 Å². The molecule has 8 heteroatoms. The lowest BCUT2D eigenvalue weighted by Gasteiger charge is -2.34. The van der Waals surface area contributed by atoms with Gasteiger partial charge in [0.05, 0.1) is 0 Å². The van der Waals surface area contributed by atoms with Crippen LogP contribution in [0.2, 0.25) is 10.0 Å². The fourth-order valence-electron chi connectivity index (χ4n) is 3.19. The van der Waals surface area contributed by atoms with Crippen LogP contribution in [0.4, 0.5) is 5.69 Å². The molecule has 0 bridgehead atoms. The number of aryl methyl sites for hydroxylation is 2. The van der Waals surface area contributed by atoms with E-state index in [1.54, 1.807) is 0 Å². The highest BCUT2D eigenvalue weighted by atomic mass is 79.9. The lowest BCUT2D eigenvalue weighted by Crippen LogP contribution is -2.44. The van der Waals surface area contributed by atoms with Gasteiger partial charge in [0.15, 0.2) is 0 Å². The summed E-state index contributed by atoms with van der Waals surface area (Å²) in [7, 11) is 4.32. The minimum absolute atomic E-state index is 0. The van der Waals surface area contributed by atoms with Crippen LogP contribution >= 0.6 is 39.1 Å². The van der Waals surface area contributed by atoms with Crippen molar-refractivity contribution >= 4 is 53.2 Å². The number of benzene rings is 2. The minimum Gasteiger partial charge on any atom is -0.369 e. The third-order valence-electron chi connectivity index (χ3n) is 5.50. The van der Waals surface area contributed by atoms with Crippen molar-refractivity contribution in [1.82, 2.24) is 15.1 Å². The molecule has 4 rings (SSSR count). The van der Waals surface area contributed by atoms with Crippen LogP contribution < -0.4 is 10.2 Å². The maximum atomic E-state index is 6.12. The second kappa shape index (κ2) is 15.2. The highest BCUT2D eigenvalue weighted by molar-refractivity contribution is 9.10. The van der Waals surface area contributed by atoms with Crippen LogP contribution in [0.5, 0.6) is 0 Å². The van der Waals surface area contributed by atoms with Crippen molar-refractivity contribution in [3.8, 4) is 0 Å². The van der Waals surface area contributed by atoms with E-state index >= 15 is 0 Å². The number of likely N-dealkylation sites (N-methyl/N-ethyl adjacent to an activating group) is 2. The van der Waals surface area contributed by atoms with Gasteiger partial charge < -0.3 is 20.0 Å². The molecule has 3 radical (unpaired) electrons. The molecule has 175 valence electrons. The van der Waals surface area contributed by atoms with E-state index < -0.39 is 0 Å². The molecular weight excluding hydrogens is 506 g/mol. The molecule has 0 unspecified atom stereocenters. The summed E-state index contributed by atoms with van der Waals surface area (Å²) in [6.45, 7) is 13.2. The smallest absolute Gasteiger partial charge is 0.0455 e. The monoisotopic (exact) mass is 539 g/mol. The number of halogens is 3. The predicted octanol–water partition coefficient (Wildman–Crippen LogP) is 4.95. The normalized spacial score (nSPS) is 16.8. The molecule has 2 aliphatic rings. The molecule has 0 amide bonds. The minimum atomic E-state index is 0. The summed E-state index contributed by atoms with van der Waals surface area (Å²) < 4.78 is 1.03. The molecule has 0 aliphatic carbocycles. The van der Waals surface area contributed by atoms with Gasteiger partial charge in [0.25, 0.3) is 0 Å². The SMILES string of the molecule is CN1CCNCC1.Cc1ccc(Br)cc1Cl.Cc1ccc(N2CCN(C)CC2)cc1Cl.[B]. The van der Waals surface area contributed by atoms with Crippen molar-refractivity contribution < 1.29 is 0 Å². The van der Waals surface area contributed by atoms with Gasteiger partial charge in [0, 0.05) is 81.0 Å². The maximum absolute atomic E-state index is 6.12. The Balaban J connectivity index is 0.000000258. The summed E-state index contributed by atoms with van der Waals surface area (Å²) in [6.07, 6.45) is 0. The molecule has 2 fully saturated rings. The van der Waals surface area contributed by atoms with Gasteiger partial charge in [-0.3, -0.25) is 0 Å². The summed E-state index contributed by atoms with van der Waals surface area (Å²) >= 11 is 15.2. The van der Waals surface area contributed by atoms with E-state index in [0.717, 1.165) is 64.9 Å². The molecule has 2 aromatic carbocycles. The number of rotatable bonds is 1. The first kappa shape index (κ1) is 29.3. The average molecular weight is 541 g/mol. The molecule has 2 heterocycles. The molecule has 4 nitrogen and oxygen atoms in total. The van der Waals surface area contributed by atoms with Gasteiger partial charge >= 0.3 is 0 Å². The molecule has 0 saturated carbocycles. The zero-order valence-corrected chi connectivity index (χ0v) is 22.8. The van der Waals surface area contributed by atoms with Crippen molar-refractivity contribution in [3.05, 3.63) is 62.0 Å². The van der Waals surface area contributed by atoms with Gasteiger partial charge in [0.2, 0.25) is 0 Å². The van der Waals surface area contributed by atoms with E-state index in [0.29, 0.717) is 0 Å². The van der Waals surface area contributed by atoms with Crippen LogP contribution in [0.3, 0.4) is 0 Å². The number of hydrogen-bond donors (Lipinski definition) is 1. The number of hydrogen-bond acceptors (Lipinski definition) is 4. The Morgan fingerprint density at radius 2 is 1.25 bits per heavy atom.